The lowest BCUT2D eigenvalue weighted by Crippen LogP contribution is -2.47. The smallest absolute Gasteiger partial charge is 0.231 e. The van der Waals surface area contributed by atoms with Crippen LogP contribution >= 0.6 is 0 Å². The van der Waals surface area contributed by atoms with Gasteiger partial charge in [0.1, 0.15) is 0 Å². The molecule has 0 aromatic carbocycles. The Morgan fingerprint density at radius 2 is 2.00 bits per heavy atom. The number of ether oxygens (including phenoxy) is 2. The van der Waals surface area contributed by atoms with Crippen molar-refractivity contribution in [3.63, 3.8) is 0 Å². The quantitative estimate of drug-likeness (QED) is 0.579. The molecule has 3 heteroatoms. The summed E-state index contributed by atoms with van der Waals surface area (Å²) in [5.41, 5.74) is 0. The Morgan fingerprint density at radius 3 is 2.33 bits per heavy atom. The predicted octanol–water partition coefficient (Wildman–Crippen LogP) is 0.974. The number of fused-ring (bicyclic) bond motifs is 2. The zero-order valence-corrected chi connectivity index (χ0v) is 7.50. The molecule has 0 aliphatic heterocycles. The summed E-state index contributed by atoms with van der Waals surface area (Å²) in [5, 5.41) is 0. The number of carbonyl (C=O) groups excluding carboxylic acids is 1. The Balaban J connectivity index is 2.30. The minimum absolute atomic E-state index is 0.156. The second kappa shape index (κ2) is 2.54. The molecule has 2 atom stereocenters. The predicted molar refractivity (Wildman–Crippen MR) is 42.6 cm³/mol. The van der Waals surface area contributed by atoms with Crippen LogP contribution in [0.2, 0.25) is 0 Å². The number of Topliss-reactive ketones (excluding diaryl/α,β-unsaturated/α-hetero) is 1. The van der Waals surface area contributed by atoms with Crippen molar-refractivity contribution < 1.29 is 14.3 Å². The molecule has 2 bridgehead atoms. The van der Waals surface area contributed by atoms with E-state index in [-0.39, 0.29) is 11.7 Å². The molecule has 3 nitrogen and oxygen atoms in total. The fourth-order valence-electron chi connectivity index (χ4n) is 2.67. The molecule has 0 amide bonds. The molecule has 2 fully saturated rings. The average Bonchev–Trinajstić information content (AvgIpc) is 2.64. The summed E-state index contributed by atoms with van der Waals surface area (Å²) in [6.45, 7) is 0. The van der Waals surface area contributed by atoms with E-state index in [1.54, 1.807) is 14.2 Å². The minimum Gasteiger partial charge on any atom is -0.347 e. The van der Waals surface area contributed by atoms with Crippen LogP contribution in [0, 0.1) is 11.8 Å². The Morgan fingerprint density at radius 1 is 1.33 bits per heavy atom. The van der Waals surface area contributed by atoms with E-state index in [2.05, 4.69) is 0 Å². The van der Waals surface area contributed by atoms with E-state index in [1.807, 2.05) is 0 Å². The highest BCUT2D eigenvalue weighted by molar-refractivity contribution is 5.91. The Labute approximate surface area is 72.0 Å². The minimum atomic E-state index is -0.886. The number of rotatable bonds is 2. The number of hydrogen-bond donors (Lipinski definition) is 0. The third-order valence-corrected chi connectivity index (χ3v) is 3.29. The van der Waals surface area contributed by atoms with Crippen LogP contribution in [0.5, 0.6) is 0 Å². The van der Waals surface area contributed by atoms with Gasteiger partial charge in [0.05, 0.1) is 0 Å². The van der Waals surface area contributed by atoms with Crippen molar-refractivity contribution in [3.8, 4) is 0 Å². The summed E-state index contributed by atoms with van der Waals surface area (Å²) in [7, 11) is 3.12. The van der Waals surface area contributed by atoms with E-state index in [4.69, 9.17) is 9.47 Å². The number of hydrogen-bond acceptors (Lipinski definition) is 3. The Kier molecular flexibility index (Phi) is 1.73. The number of ketones is 1. The summed E-state index contributed by atoms with van der Waals surface area (Å²) in [6, 6.07) is 0. The third-order valence-electron chi connectivity index (χ3n) is 3.29. The summed E-state index contributed by atoms with van der Waals surface area (Å²) in [6.07, 6.45) is 3.05. The van der Waals surface area contributed by atoms with Gasteiger partial charge < -0.3 is 9.47 Å². The summed E-state index contributed by atoms with van der Waals surface area (Å²) >= 11 is 0. The molecule has 68 valence electrons. The van der Waals surface area contributed by atoms with E-state index < -0.39 is 5.79 Å². The monoisotopic (exact) mass is 170 g/mol. The third kappa shape index (κ3) is 0.756. The molecule has 2 saturated carbocycles. The molecule has 2 aliphatic rings. The number of methoxy groups -OCH3 is 2. The van der Waals surface area contributed by atoms with Crippen LogP contribution < -0.4 is 0 Å². The first-order valence-corrected chi connectivity index (χ1v) is 4.39. The van der Waals surface area contributed by atoms with Crippen molar-refractivity contribution in [2.24, 2.45) is 11.8 Å². The summed E-state index contributed by atoms with van der Waals surface area (Å²) in [5.74, 6) is -0.230. The zero-order valence-electron chi connectivity index (χ0n) is 7.50. The van der Waals surface area contributed by atoms with Gasteiger partial charge >= 0.3 is 0 Å². The molecule has 0 N–H and O–H groups in total. The van der Waals surface area contributed by atoms with Gasteiger partial charge in [0.25, 0.3) is 0 Å². The van der Waals surface area contributed by atoms with Gasteiger partial charge in [-0.05, 0) is 19.3 Å². The van der Waals surface area contributed by atoms with Crippen molar-refractivity contribution in [2.45, 2.75) is 25.0 Å². The van der Waals surface area contributed by atoms with Crippen LogP contribution in [0.25, 0.3) is 0 Å². The Bertz CT molecular complexity index is 208. The van der Waals surface area contributed by atoms with Crippen LogP contribution in [0.4, 0.5) is 0 Å². The lowest BCUT2D eigenvalue weighted by atomic mass is 9.92. The molecule has 0 aromatic rings. The highest BCUT2D eigenvalue weighted by atomic mass is 16.7. The van der Waals surface area contributed by atoms with Gasteiger partial charge in [-0.15, -0.1) is 0 Å². The first-order chi connectivity index (χ1) is 5.74. The molecule has 0 aromatic heterocycles. The van der Waals surface area contributed by atoms with E-state index in [1.165, 1.54) is 0 Å². The molecule has 2 unspecified atom stereocenters. The van der Waals surface area contributed by atoms with Gasteiger partial charge in [-0.25, -0.2) is 0 Å². The van der Waals surface area contributed by atoms with Crippen molar-refractivity contribution in [2.75, 3.05) is 14.2 Å². The van der Waals surface area contributed by atoms with Gasteiger partial charge in [0.2, 0.25) is 5.79 Å². The first kappa shape index (κ1) is 8.20. The topological polar surface area (TPSA) is 35.5 Å². The molecule has 2 aliphatic carbocycles. The van der Waals surface area contributed by atoms with E-state index in [9.17, 15) is 4.79 Å². The van der Waals surface area contributed by atoms with Gasteiger partial charge in [0.15, 0.2) is 5.78 Å². The SMILES string of the molecule is COC1(OC)C(=O)C2CCC1C2. The first-order valence-electron chi connectivity index (χ1n) is 4.39. The lowest BCUT2D eigenvalue weighted by molar-refractivity contribution is -0.224. The normalized spacial score (nSPS) is 37.7. The van der Waals surface area contributed by atoms with Crippen molar-refractivity contribution >= 4 is 5.78 Å². The van der Waals surface area contributed by atoms with Crippen molar-refractivity contribution in [1.29, 1.82) is 0 Å². The van der Waals surface area contributed by atoms with Crippen LogP contribution in [-0.4, -0.2) is 25.8 Å². The molecule has 0 heterocycles. The molecule has 0 radical (unpaired) electrons. The fraction of sp³-hybridized carbons (Fsp3) is 0.889. The van der Waals surface area contributed by atoms with Gasteiger partial charge in [-0.2, -0.15) is 0 Å². The van der Waals surface area contributed by atoms with Crippen LogP contribution in [0.3, 0.4) is 0 Å². The fourth-order valence-corrected chi connectivity index (χ4v) is 2.67. The second-order valence-corrected chi connectivity index (χ2v) is 3.65. The van der Waals surface area contributed by atoms with E-state index in [0.717, 1.165) is 19.3 Å². The Hall–Kier alpha value is -0.410. The summed E-state index contributed by atoms with van der Waals surface area (Å²) < 4.78 is 10.4. The van der Waals surface area contributed by atoms with Crippen LogP contribution in [-0.2, 0) is 14.3 Å². The average molecular weight is 170 g/mol. The maximum atomic E-state index is 11.7. The zero-order chi connectivity index (χ0) is 8.77. The standard InChI is InChI=1S/C9H14O3/c1-11-9(12-2)7-4-3-6(5-7)8(9)10/h6-7H,3-5H2,1-2H3. The van der Waals surface area contributed by atoms with Gasteiger partial charge in [-0.1, -0.05) is 0 Å². The van der Waals surface area contributed by atoms with E-state index in [0.29, 0.717) is 5.92 Å². The maximum Gasteiger partial charge on any atom is 0.231 e. The van der Waals surface area contributed by atoms with Crippen LogP contribution in [0.15, 0.2) is 0 Å². The molecule has 12 heavy (non-hydrogen) atoms. The molecule has 2 rings (SSSR count). The highest BCUT2D eigenvalue weighted by Gasteiger charge is 2.59. The molecular formula is C9H14O3. The molecule has 0 spiro atoms. The number of carbonyl (C=O) groups is 1. The highest BCUT2D eigenvalue weighted by Crippen LogP contribution is 2.50. The van der Waals surface area contributed by atoms with Gasteiger partial charge in [0, 0.05) is 26.1 Å². The van der Waals surface area contributed by atoms with Crippen molar-refractivity contribution in [1.82, 2.24) is 0 Å². The summed E-state index contributed by atoms with van der Waals surface area (Å²) in [4.78, 5) is 11.7. The molecular weight excluding hydrogens is 156 g/mol. The largest absolute Gasteiger partial charge is 0.347 e. The van der Waals surface area contributed by atoms with Crippen molar-refractivity contribution in [3.05, 3.63) is 0 Å². The molecule has 0 saturated heterocycles. The lowest BCUT2D eigenvalue weighted by Gasteiger charge is -2.32. The van der Waals surface area contributed by atoms with Crippen LogP contribution in [0.1, 0.15) is 19.3 Å². The maximum absolute atomic E-state index is 11.7. The van der Waals surface area contributed by atoms with Gasteiger partial charge in [-0.3, -0.25) is 4.79 Å². The second-order valence-electron chi connectivity index (χ2n) is 3.65. The van der Waals surface area contributed by atoms with E-state index >= 15 is 0 Å².